The molecule has 1 fully saturated rings. The Labute approximate surface area is 206 Å². The topological polar surface area (TPSA) is 87.6 Å². The molecule has 3 aromatic carbocycles. The van der Waals surface area contributed by atoms with Crippen LogP contribution in [0.1, 0.15) is 5.56 Å². The number of halogens is 2. The average Bonchev–Trinajstić information content (AvgIpc) is 2.87. The van der Waals surface area contributed by atoms with Crippen LogP contribution in [0.4, 0.5) is 23.5 Å². The van der Waals surface area contributed by atoms with Crippen molar-refractivity contribution in [1.29, 1.82) is 0 Å². The van der Waals surface area contributed by atoms with Crippen LogP contribution in [0.2, 0.25) is 10.0 Å². The highest BCUT2D eigenvalue weighted by atomic mass is 35.5. The molecule has 1 aromatic heterocycles. The Morgan fingerprint density at radius 3 is 2.53 bits per heavy atom. The zero-order chi connectivity index (χ0) is 23.3. The van der Waals surface area contributed by atoms with E-state index in [0.29, 0.717) is 54.2 Å². The molecule has 172 valence electrons. The molecule has 0 atom stereocenters. The Kier molecular flexibility index (Phi) is 6.71. The summed E-state index contributed by atoms with van der Waals surface area (Å²) in [6.45, 7) is 2.64. The number of hydrazone groups is 1. The van der Waals surface area contributed by atoms with E-state index < -0.39 is 0 Å². The van der Waals surface area contributed by atoms with Gasteiger partial charge in [0.05, 0.1) is 29.5 Å². The molecule has 8 nitrogen and oxygen atoms in total. The first-order chi connectivity index (χ1) is 16.7. The van der Waals surface area contributed by atoms with Crippen molar-refractivity contribution in [2.24, 2.45) is 5.10 Å². The summed E-state index contributed by atoms with van der Waals surface area (Å²) >= 11 is 12.1. The van der Waals surface area contributed by atoms with Gasteiger partial charge in [0.15, 0.2) is 0 Å². The third kappa shape index (κ3) is 5.20. The molecule has 10 heteroatoms. The maximum absolute atomic E-state index is 6.08. The second-order valence-corrected chi connectivity index (χ2v) is 8.39. The molecule has 5 rings (SSSR count). The molecule has 0 aliphatic carbocycles. The van der Waals surface area contributed by atoms with Crippen molar-refractivity contribution in [3.8, 4) is 0 Å². The van der Waals surface area contributed by atoms with Gasteiger partial charge in [0.1, 0.15) is 0 Å². The number of rotatable bonds is 6. The fourth-order valence-corrected chi connectivity index (χ4v) is 3.89. The van der Waals surface area contributed by atoms with Crippen LogP contribution < -0.4 is 15.6 Å². The highest BCUT2D eigenvalue weighted by Crippen LogP contribution is 2.26. The van der Waals surface area contributed by atoms with Crippen molar-refractivity contribution >= 4 is 63.7 Å². The number of ether oxygens (including phenoxy) is 1. The summed E-state index contributed by atoms with van der Waals surface area (Å²) in [6, 6.07) is 19.5. The lowest BCUT2D eigenvalue weighted by Crippen LogP contribution is -2.37. The molecule has 0 saturated carbocycles. The minimum Gasteiger partial charge on any atom is -0.378 e. The molecule has 34 heavy (non-hydrogen) atoms. The maximum atomic E-state index is 6.08. The van der Waals surface area contributed by atoms with Gasteiger partial charge < -0.3 is 15.0 Å². The number of morpholine rings is 1. The smallest absolute Gasteiger partial charge is 0.250 e. The van der Waals surface area contributed by atoms with Crippen molar-refractivity contribution in [3.63, 3.8) is 0 Å². The third-order valence-electron chi connectivity index (χ3n) is 5.28. The van der Waals surface area contributed by atoms with Crippen LogP contribution in [-0.2, 0) is 4.74 Å². The monoisotopic (exact) mass is 493 g/mol. The predicted octanol–water partition coefficient (Wildman–Crippen LogP) is 5.36. The zero-order valence-corrected chi connectivity index (χ0v) is 19.6. The van der Waals surface area contributed by atoms with E-state index in [4.69, 9.17) is 27.9 Å². The number of benzene rings is 3. The molecule has 0 radical (unpaired) electrons. The summed E-state index contributed by atoms with van der Waals surface area (Å²) in [5.74, 6) is 1.28. The van der Waals surface area contributed by atoms with Crippen molar-refractivity contribution < 1.29 is 4.74 Å². The van der Waals surface area contributed by atoms with E-state index in [9.17, 15) is 0 Å². The third-order valence-corrected chi connectivity index (χ3v) is 6.01. The maximum Gasteiger partial charge on any atom is 0.250 e. The van der Waals surface area contributed by atoms with Crippen LogP contribution in [0.3, 0.4) is 0 Å². The zero-order valence-electron chi connectivity index (χ0n) is 18.1. The molecule has 1 saturated heterocycles. The number of fused-ring (bicyclic) bond motifs is 1. The second-order valence-electron chi connectivity index (χ2n) is 7.58. The van der Waals surface area contributed by atoms with E-state index >= 15 is 0 Å². The molecule has 1 aliphatic rings. The van der Waals surface area contributed by atoms with Gasteiger partial charge in [-0.2, -0.15) is 20.1 Å². The van der Waals surface area contributed by atoms with Gasteiger partial charge in [-0.05, 0) is 29.1 Å². The molecule has 0 amide bonds. The molecule has 0 unspecified atom stereocenters. The van der Waals surface area contributed by atoms with Crippen molar-refractivity contribution in [1.82, 2.24) is 15.0 Å². The Morgan fingerprint density at radius 2 is 1.68 bits per heavy atom. The van der Waals surface area contributed by atoms with E-state index in [1.807, 2.05) is 30.3 Å². The normalized spacial score (nSPS) is 14.0. The first kappa shape index (κ1) is 22.3. The minimum atomic E-state index is 0.315. The standard InChI is InChI=1S/C24H21Cl2N7O/c25-19-9-8-16(14-20(19)26)15-27-32-23-29-22(30-24(31-23)33-10-12-34-13-11-33)28-21-7-3-5-17-4-1-2-6-18(17)21/h1-9,14-15H,10-13H2,(H2,28,29,30,31,32)/b27-15-. The van der Waals surface area contributed by atoms with E-state index in [1.165, 1.54) is 0 Å². The number of aromatic nitrogens is 3. The lowest BCUT2D eigenvalue weighted by molar-refractivity contribution is 0.122. The van der Waals surface area contributed by atoms with Crippen LogP contribution in [0, 0.1) is 0 Å². The van der Waals surface area contributed by atoms with Crippen LogP contribution in [0.5, 0.6) is 0 Å². The van der Waals surface area contributed by atoms with Gasteiger partial charge in [0, 0.05) is 24.2 Å². The summed E-state index contributed by atoms with van der Waals surface area (Å²) in [5.41, 5.74) is 4.60. The summed E-state index contributed by atoms with van der Waals surface area (Å²) in [5, 5.41) is 10.8. The molecule has 1 aliphatic heterocycles. The fraction of sp³-hybridized carbons (Fsp3) is 0.167. The van der Waals surface area contributed by atoms with Crippen LogP contribution in [-0.4, -0.2) is 47.5 Å². The van der Waals surface area contributed by atoms with Gasteiger partial charge in [-0.3, -0.25) is 0 Å². The lowest BCUT2D eigenvalue weighted by atomic mass is 10.1. The van der Waals surface area contributed by atoms with E-state index in [0.717, 1.165) is 22.0 Å². The fourth-order valence-electron chi connectivity index (χ4n) is 3.59. The molecule has 2 N–H and O–H groups in total. The second kappa shape index (κ2) is 10.2. The van der Waals surface area contributed by atoms with Gasteiger partial charge in [0.25, 0.3) is 0 Å². The Balaban J connectivity index is 1.44. The minimum absolute atomic E-state index is 0.315. The van der Waals surface area contributed by atoms with Gasteiger partial charge >= 0.3 is 0 Å². The van der Waals surface area contributed by atoms with Crippen LogP contribution in [0.15, 0.2) is 65.8 Å². The highest BCUT2D eigenvalue weighted by Gasteiger charge is 2.17. The molecule has 0 bridgehead atoms. The van der Waals surface area contributed by atoms with Crippen molar-refractivity contribution in [2.45, 2.75) is 0 Å². The van der Waals surface area contributed by atoms with Gasteiger partial charge in [-0.1, -0.05) is 65.7 Å². The lowest BCUT2D eigenvalue weighted by Gasteiger charge is -2.27. The Bertz CT molecular complexity index is 1340. The molecular weight excluding hydrogens is 473 g/mol. The molecule has 2 heterocycles. The predicted molar refractivity (Wildman–Crippen MR) is 138 cm³/mol. The highest BCUT2D eigenvalue weighted by molar-refractivity contribution is 6.42. The van der Waals surface area contributed by atoms with Crippen molar-refractivity contribution in [3.05, 3.63) is 76.3 Å². The summed E-state index contributed by atoms with van der Waals surface area (Å²) < 4.78 is 5.47. The van der Waals surface area contributed by atoms with Gasteiger partial charge in [-0.15, -0.1) is 0 Å². The van der Waals surface area contributed by atoms with E-state index in [2.05, 4.69) is 53.9 Å². The summed E-state index contributed by atoms with van der Waals surface area (Å²) in [7, 11) is 0. The Hall–Kier alpha value is -3.46. The SMILES string of the molecule is Clc1ccc(/C=N\Nc2nc(Nc3cccc4ccccc34)nc(N3CCOCC3)n2)cc1Cl. The number of nitrogens with one attached hydrogen (secondary N) is 2. The molecule has 0 spiro atoms. The summed E-state index contributed by atoms with van der Waals surface area (Å²) in [6.07, 6.45) is 1.62. The first-order valence-corrected chi connectivity index (χ1v) is 11.5. The molecular formula is C24H21Cl2N7O. The quantitative estimate of drug-likeness (QED) is 0.276. The summed E-state index contributed by atoms with van der Waals surface area (Å²) in [4.78, 5) is 15.8. The first-order valence-electron chi connectivity index (χ1n) is 10.7. The van der Waals surface area contributed by atoms with Crippen LogP contribution in [0.25, 0.3) is 10.8 Å². The van der Waals surface area contributed by atoms with E-state index in [-0.39, 0.29) is 0 Å². The Morgan fingerprint density at radius 1 is 0.882 bits per heavy atom. The number of hydrogen-bond acceptors (Lipinski definition) is 8. The molecule has 4 aromatic rings. The van der Waals surface area contributed by atoms with Gasteiger partial charge in [-0.25, -0.2) is 5.43 Å². The van der Waals surface area contributed by atoms with E-state index in [1.54, 1.807) is 18.3 Å². The largest absolute Gasteiger partial charge is 0.378 e. The van der Waals surface area contributed by atoms with Gasteiger partial charge in [0.2, 0.25) is 17.8 Å². The van der Waals surface area contributed by atoms with Crippen LogP contribution >= 0.6 is 23.2 Å². The average molecular weight is 494 g/mol. The number of anilines is 4. The number of hydrogen-bond donors (Lipinski definition) is 2. The van der Waals surface area contributed by atoms with Crippen molar-refractivity contribution in [2.75, 3.05) is 41.9 Å². The number of nitrogens with zero attached hydrogens (tertiary/aromatic N) is 5.